The summed E-state index contributed by atoms with van der Waals surface area (Å²) in [4.78, 5) is 15.7. The predicted octanol–water partition coefficient (Wildman–Crippen LogP) is 3.56. The van der Waals surface area contributed by atoms with Crippen molar-refractivity contribution in [3.8, 4) is 0 Å². The first-order valence-electron chi connectivity index (χ1n) is 7.96. The van der Waals surface area contributed by atoms with Crippen molar-refractivity contribution in [1.29, 1.82) is 0 Å². The lowest BCUT2D eigenvalue weighted by molar-refractivity contribution is 0.413. The SMILES string of the molecule is Cc1cc(F)cc(Cc2cc(=O)c3c(C4CCC4)[nH]nc3[nH]2)c1. The van der Waals surface area contributed by atoms with Gasteiger partial charge in [0, 0.05) is 24.1 Å². The molecule has 1 aromatic carbocycles. The number of nitrogens with one attached hydrogen (secondary N) is 2. The monoisotopic (exact) mass is 311 g/mol. The van der Waals surface area contributed by atoms with E-state index in [1.54, 1.807) is 6.07 Å². The van der Waals surface area contributed by atoms with Crippen LogP contribution in [-0.4, -0.2) is 15.2 Å². The molecular weight excluding hydrogens is 293 g/mol. The minimum absolute atomic E-state index is 0.0162. The highest BCUT2D eigenvalue weighted by atomic mass is 19.1. The summed E-state index contributed by atoms with van der Waals surface area (Å²) >= 11 is 0. The number of aromatic nitrogens is 3. The van der Waals surface area contributed by atoms with Gasteiger partial charge in [-0.2, -0.15) is 5.10 Å². The molecule has 0 atom stereocenters. The second kappa shape index (κ2) is 5.33. The Hall–Kier alpha value is -2.43. The first-order chi connectivity index (χ1) is 11.1. The number of rotatable bonds is 3. The Labute approximate surface area is 132 Å². The van der Waals surface area contributed by atoms with Gasteiger partial charge in [-0.1, -0.05) is 12.5 Å². The summed E-state index contributed by atoms with van der Waals surface area (Å²) in [5, 5.41) is 7.96. The summed E-state index contributed by atoms with van der Waals surface area (Å²) in [6.45, 7) is 1.86. The van der Waals surface area contributed by atoms with Crippen molar-refractivity contribution in [2.24, 2.45) is 0 Å². The lowest BCUT2D eigenvalue weighted by atomic mass is 9.82. The Morgan fingerprint density at radius 3 is 2.78 bits per heavy atom. The number of H-pyrrole nitrogens is 2. The lowest BCUT2D eigenvalue weighted by Gasteiger charge is -2.23. The van der Waals surface area contributed by atoms with Crippen LogP contribution in [0, 0.1) is 12.7 Å². The van der Waals surface area contributed by atoms with Gasteiger partial charge in [-0.25, -0.2) is 4.39 Å². The van der Waals surface area contributed by atoms with Gasteiger partial charge in [-0.15, -0.1) is 0 Å². The molecule has 1 saturated carbocycles. The third-order valence-electron chi connectivity index (χ3n) is 4.63. The molecule has 23 heavy (non-hydrogen) atoms. The second-order valence-corrected chi connectivity index (χ2v) is 6.46. The molecule has 0 aliphatic heterocycles. The fourth-order valence-electron chi connectivity index (χ4n) is 3.34. The van der Waals surface area contributed by atoms with Crippen LogP contribution in [0.3, 0.4) is 0 Å². The van der Waals surface area contributed by atoms with Crippen molar-refractivity contribution in [3.63, 3.8) is 0 Å². The van der Waals surface area contributed by atoms with Gasteiger partial charge < -0.3 is 4.98 Å². The molecule has 1 aliphatic carbocycles. The third kappa shape index (κ3) is 2.56. The van der Waals surface area contributed by atoms with E-state index in [9.17, 15) is 9.18 Å². The average molecular weight is 311 g/mol. The van der Waals surface area contributed by atoms with Gasteiger partial charge in [-0.3, -0.25) is 9.89 Å². The second-order valence-electron chi connectivity index (χ2n) is 6.46. The molecule has 0 spiro atoms. The van der Waals surface area contributed by atoms with E-state index in [0.717, 1.165) is 35.4 Å². The molecule has 2 heterocycles. The van der Waals surface area contributed by atoms with Gasteiger partial charge in [0.2, 0.25) is 0 Å². The maximum absolute atomic E-state index is 13.5. The van der Waals surface area contributed by atoms with E-state index < -0.39 is 0 Å². The van der Waals surface area contributed by atoms with Gasteiger partial charge in [-0.05, 0) is 43.0 Å². The zero-order valence-corrected chi connectivity index (χ0v) is 12.9. The fourth-order valence-corrected chi connectivity index (χ4v) is 3.34. The summed E-state index contributed by atoms with van der Waals surface area (Å²) in [5.74, 6) is 0.174. The van der Waals surface area contributed by atoms with Crippen LogP contribution in [0.4, 0.5) is 4.39 Å². The smallest absolute Gasteiger partial charge is 0.193 e. The standard InChI is InChI=1S/C18H18FN3O/c1-10-5-11(7-13(19)6-10)8-14-9-15(23)16-17(12-3-2-4-12)21-22-18(16)20-14/h5-7,9,12H,2-4,8H2,1H3,(H2,20,21,22,23). The van der Waals surface area contributed by atoms with E-state index in [-0.39, 0.29) is 11.2 Å². The van der Waals surface area contributed by atoms with Gasteiger partial charge >= 0.3 is 0 Å². The van der Waals surface area contributed by atoms with Crippen LogP contribution < -0.4 is 5.43 Å². The summed E-state index contributed by atoms with van der Waals surface area (Å²) in [6.07, 6.45) is 3.91. The summed E-state index contributed by atoms with van der Waals surface area (Å²) < 4.78 is 13.5. The van der Waals surface area contributed by atoms with Crippen LogP contribution >= 0.6 is 0 Å². The number of halogens is 1. The van der Waals surface area contributed by atoms with Crippen LogP contribution in [0.25, 0.3) is 11.0 Å². The Bertz CT molecular complexity index is 917. The molecular formula is C18H18FN3O. The van der Waals surface area contributed by atoms with Crippen molar-refractivity contribution < 1.29 is 4.39 Å². The van der Waals surface area contributed by atoms with E-state index in [1.807, 2.05) is 13.0 Å². The van der Waals surface area contributed by atoms with Crippen LogP contribution in [0.5, 0.6) is 0 Å². The minimum atomic E-state index is -0.254. The summed E-state index contributed by atoms with van der Waals surface area (Å²) in [6, 6.07) is 6.53. The van der Waals surface area contributed by atoms with Crippen LogP contribution in [0.15, 0.2) is 29.1 Å². The summed E-state index contributed by atoms with van der Waals surface area (Å²) in [7, 11) is 0. The van der Waals surface area contributed by atoms with E-state index in [4.69, 9.17) is 0 Å². The maximum atomic E-state index is 13.5. The van der Waals surface area contributed by atoms with Crippen molar-refractivity contribution in [1.82, 2.24) is 15.2 Å². The number of hydrogen-bond acceptors (Lipinski definition) is 2. The highest BCUT2D eigenvalue weighted by molar-refractivity contribution is 5.78. The molecule has 2 aromatic heterocycles. The maximum Gasteiger partial charge on any atom is 0.193 e. The number of hydrogen-bond donors (Lipinski definition) is 2. The number of aromatic amines is 2. The molecule has 4 nitrogen and oxygen atoms in total. The van der Waals surface area contributed by atoms with Crippen LogP contribution in [0.1, 0.15) is 47.7 Å². The average Bonchev–Trinajstić information content (AvgIpc) is 2.79. The summed E-state index contributed by atoms with van der Waals surface area (Å²) in [5.41, 5.74) is 4.00. The quantitative estimate of drug-likeness (QED) is 0.777. The third-order valence-corrected chi connectivity index (χ3v) is 4.63. The van der Waals surface area contributed by atoms with E-state index in [0.29, 0.717) is 23.4 Å². The van der Waals surface area contributed by atoms with Gasteiger partial charge in [0.15, 0.2) is 11.1 Å². The molecule has 0 saturated heterocycles. The Morgan fingerprint density at radius 1 is 1.26 bits per heavy atom. The molecule has 1 fully saturated rings. The lowest BCUT2D eigenvalue weighted by Crippen LogP contribution is -2.13. The molecule has 3 aromatic rings. The number of benzene rings is 1. The van der Waals surface area contributed by atoms with Gasteiger partial charge in [0.25, 0.3) is 0 Å². The van der Waals surface area contributed by atoms with Crippen molar-refractivity contribution >= 4 is 11.0 Å². The Balaban J connectivity index is 1.72. The van der Waals surface area contributed by atoms with Gasteiger partial charge in [0.05, 0.1) is 11.1 Å². The Morgan fingerprint density at radius 2 is 2.09 bits per heavy atom. The molecule has 2 N–H and O–H groups in total. The molecule has 0 bridgehead atoms. The topological polar surface area (TPSA) is 61.5 Å². The van der Waals surface area contributed by atoms with Crippen LogP contribution in [-0.2, 0) is 6.42 Å². The normalized spacial score (nSPS) is 15.0. The Kier molecular flexibility index (Phi) is 3.29. The zero-order valence-electron chi connectivity index (χ0n) is 12.9. The van der Waals surface area contributed by atoms with Crippen molar-refractivity contribution in [2.45, 2.75) is 38.5 Å². The number of fused-ring (bicyclic) bond motifs is 1. The molecule has 0 unspecified atom stereocenters. The van der Waals surface area contributed by atoms with E-state index in [2.05, 4.69) is 15.2 Å². The number of aryl methyl sites for hydroxylation is 1. The van der Waals surface area contributed by atoms with Crippen molar-refractivity contribution in [2.75, 3.05) is 0 Å². The van der Waals surface area contributed by atoms with Crippen LogP contribution in [0.2, 0.25) is 0 Å². The molecule has 1 aliphatic rings. The largest absolute Gasteiger partial charge is 0.341 e. The van der Waals surface area contributed by atoms with Crippen molar-refractivity contribution in [3.05, 3.63) is 62.8 Å². The minimum Gasteiger partial charge on any atom is -0.341 e. The zero-order chi connectivity index (χ0) is 16.0. The molecule has 0 amide bonds. The number of nitrogens with zero attached hydrogens (tertiary/aromatic N) is 1. The number of pyridine rings is 1. The predicted molar refractivity (Wildman–Crippen MR) is 87.2 cm³/mol. The molecule has 118 valence electrons. The highest BCUT2D eigenvalue weighted by Gasteiger charge is 2.25. The van der Waals surface area contributed by atoms with E-state index >= 15 is 0 Å². The van der Waals surface area contributed by atoms with E-state index in [1.165, 1.54) is 18.6 Å². The fraction of sp³-hybridized carbons (Fsp3) is 0.333. The molecule has 5 heteroatoms. The molecule has 0 radical (unpaired) electrons. The highest BCUT2D eigenvalue weighted by Crippen LogP contribution is 2.37. The first kappa shape index (κ1) is 14.2. The van der Waals surface area contributed by atoms with Gasteiger partial charge in [0.1, 0.15) is 5.82 Å². The molecule has 4 rings (SSSR count). The first-order valence-corrected chi connectivity index (χ1v) is 7.96.